The summed E-state index contributed by atoms with van der Waals surface area (Å²) in [5.74, 6) is -3.01. The number of hydrogen-bond donors (Lipinski definition) is 1. The van der Waals surface area contributed by atoms with E-state index in [-0.39, 0.29) is 24.1 Å². The number of fused-ring (bicyclic) bond motifs is 1. The van der Waals surface area contributed by atoms with Crippen LogP contribution in [0.2, 0.25) is 0 Å². The van der Waals surface area contributed by atoms with Crippen molar-refractivity contribution in [3.05, 3.63) is 65.7 Å². The molecule has 2 heterocycles. The summed E-state index contributed by atoms with van der Waals surface area (Å²) in [5.41, 5.74) is 0.405. The Morgan fingerprint density at radius 1 is 1.14 bits per heavy atom. The zero-order valence-corrected chi connectivity index (χ0v) is 15.6. The third kappa shape index (κ3) is 3.37. The highest BCUT2D eigenvalue weighted by molar-refractivity contribution is 5.97. The van der Waals surface area contributed by atoms with E-state index in [1.165, 1.54) is 12.1 Å². The van der Waals surface area contributed by atoms with E-state index in [1.807, 2.05) is 42.6 Å². The lowest BCUT2D eigenvalue weighted by atomic mass is 9.93. The average Bonchev–Trinajstić information content (AvgIpc) is 3.15. The molecule has 4 rings (SSSR count). The normalized spacial score (nSPS) is 26.5. The van der Waals surface area contributed by atoms with Crippen LogP contribution in [0.1, 0.15) is 36.4 Å². The van der Waals surface area contributed by atoms with Crippen LogP contribution >= 0.6 is 0 Å². The molecular formula is C21H19F3N2O3. The number of benzene rings is 2. The van der Waals surface area contributed by atoms with Crippen molar-refractivity contribution < 1.29 is 27.5 Å². The molecule has 0 spiro atoms. The Morgan fingerprint density at radius 3 is 2.48 bits per heavy atom. The van der Waals surface area contributed by atoms with Crippen LogP contribution in [0.5, 0.6) is 0 Å². The van der Waals surface area contributed by atoms with Crippen LogP contribution < -0.4 is 5.32 Å². The first-order valence-corrected chi connectivity index (χ1v) is 9.20. The average molecular weight is 404 g/mol. The molecule has 2 amide bonds. The molecule has 2 fully saturated rings. The predicted octanol–water partition coefficient (Wildman–Crippen LogP) is 3.99. The lowest BCUT2D eigenvalue weighted by Crippen LogP contribution is -2.40. The molecule has 0 radical (unpaired) electrons. The van der Waals surface area contributed by atoms with Gasteiger partial charge in [0, 0.05) is 12.1 Å². The van der Waals surface area contributed by atoms with E-state index in [1.54, 1.807) is 17.0 Å². The van der Waals surface area contributed by atoms with E-state index in [0.717, 1.165) is 5.56 Å². The SMILES string of the molecule is C[C@@]12C[C@H](c3ccccc3NC(=O)C(F)(F)F)C(=O)N1[C@@H](c1ccccc1)CO2. The van der Waals surface area contributed by atoms with Gasteiger partial charge >= 0.3 is 12.1 Å². The quantitative estimate of drug-likeness (QED) is 0.842. The maximum absolute atomic E-state index is 13.3. The number of halogens is 3. The van der Waals surface area contributed by atoms with Gasteiger partial charge in [-0.2, -0.15) is 13.2 Å². The zero-order valence-electron chi connectivity index (χ0n) is 15.6. The standard InChI is InChI=1S/C21H19F3N2O3/c1-20-11-15(14-9-5-6-10-16(14)25-19(28)21(22,23)24)18(27)26(20)17(12-29-20)13-7-3-2-4-8-13/h2-10,15,17H,11-12H2,1H3,(H,25,28)/t15-,17-,20-/m1/s1. The fourth-order valence-electron chi connectivity index (χ4n) is 4.18. The monoisotopic (exact) mass is 404 g/mol. The van der Waals surface area contributed by atoms with Gasteiger partial charge in [-0.25, -0.2) is 0 Å². The lowest BCUT2D eigenvalue weighted by Gasteiger charge is -2.29. The molecule has 5 nitrogen and oxygen atoms in total. The minimum atomic E-state index is -5.01. The molecule has 2 saturated heterocycles. The molecule has 152 valence electrons. The fraction of sp³-hybridized carbons (Fsp3) is 0.333. The predicted molar refractivity (Wildman–Crippen MR) is 98.9 cm³/mol. The number of amides is 2. The van der Waals surface area contributed by atoms with Crippen molar-refractivity contribution in [3.8, 4) is 0 Å². The first-order chi connectivity index (χ1) is 13.7. The number of alkyl halides is 3. The molecule has 0 unspecified atom stereocenters. The number of hydrogen-bond acceptors (Lipinski definition) is 3. The third-order valence-electron chi connectivity index (χ3n) is 5.52. The van der Waals surface area contributed by atoms with Crippen LogP contribution in [0.25, 0.3) is 0 Å². The number of ether oxygens (including phenoxy) is 1. The van der Waals surface area contributed by atoms with E-state index in [2.05, 4.69) is 0 Å². The summed E-state index contributed by atoms with van der Waals surface area (Å²) in [6, 6.07) is 15.3. The highest BCUT2D eigenvalue weighted by Gasteiger charge is 2.56. The lowest BCUT2D eigenvalue weighted by molar-refractivity contribution is -0.167. The molecule has 2 aromatic carbocycles. The van der Waals surface area contributed by atoms with Gasteiger partial charge in [-0.3, -0.25) is 9.59 Å². The van der Waals surface area contributed by atoms with Crippen LogP contribution in [0, 0.1) is 0 Å². The largest absolute Gasteiger partial charge is 0.471 e. The van der Waals surface area contributed by atoms with Crippen molar-refractivity contribution in [1.29, 1.82) is 0 Å². The molecular weight excluding hydrogens is 385 g/mol. The fourth-order valence-corrected chi connectivity index (χ4v) is 4.18. The summed E-state index contributed by atoms with van der Waals surface area (Å²) >= 11 is 0. The minimum absolute atomic E-state index is 0.0193. The van der Waals surface area contributed by atoms with Crippen molar-refractivity contribution in [2.45, 2.75) is 37.2 Å². The van der Waals surface area contributed by atoms with Crippen molar-refractivity contribution in [3.63, 3.8) is 0 Å². The maximum atomic E-state index is 13.3. The number of rotatable bonds is 3. The van der Waals surface area contributed by atoms with Gasteiger partial charge < -0.3 is 15.0 Å². The van der Waals surface area contributed by atoms with Gasteiger partial charge in [-0.1, -0.05) is 48.5 Å². The van der Waals surface area contributed by atoms with E-state index >= 15 is 0 Å². The molecule has 2 aliphatic heterocycles. The van der Waals surface area contributed by atoms with Crippen LogP contribution in [0.15, 0.2) is 54.6 Å². The maximum Gasteiger partial charge on any atom is 0.471 e. The number of nitrogens with one attached hydrogen (secondary N) is 1. The molecule has 8 heteroatoms. The van der Waals surface area contributed by atoms with Crippen LogP contribution in [-0.2, 0) is 14.3 Å². The molecule has 1 N–H and O–H groups in total. The van der Waals surface area contributed by atoms with Gasteiger partial charge in [0.15, 0.2) is 0 Å². The van der Waals surface area contributed by atoms with E-state index in [9.17, 15) is 22.8 Å². The van der Waals surface area contributed by atoms with Crippen molar-refractivity contribution in [1.82, 2.24) is 4.90 Å². The summed E-state index contributed by atoms with van der Waals surface area (Å²) in [5, 5.41) is 1.89. The Labute approximate surface area is 165 Å². The molecule has 2 aliphatic rings. The van der Waals surface area contributed by atoms with Crippen LogP contribution in [0.4, 0.5) is 18.9 Å². The second kappa shape index (κ2) is 6.88. The van der Waals surface area contributed by atoms with Gasteiger partial charge in [0.2, 0.25) is 5.91 Å². The number of nitrogens with zero attached hydrogens (tertiary/aromatic N) is 1. The Balaban J connectivity index is 1.65. The number of para-hydroxylation sites is 1. The first kappa shape index (κ1) is 19.4. The molecule has 2 aromatic rings. The van der Waals surface area contributed by atoms with E-state index in [4.69, 9.17) is 4.74 Å². The molecule has 0 saturated carbocycles. The summed E-state index contributed by atoms with van der Waals surface area (Å²) in [7, 11) is 0. The minimum Gasteiger partial charge on any atom is -0.353 e. The smallest absolute Gasteiger partial charge is 0.353 e. The van der Waals surface area contributed by atoms with Gasteiger partial charge in [0.05, 0.1) is 18.6 Å². The molecule has 0 bridgehead atoms. The van der Waals surface area contributed by atoms with Crippen molar-refractivity contribution >= 4 is 17.5 Å². The number of carbonyl (C=O) groups excluding carboxylic acids is 2. The van der Waals surface area contributed by atoms with Gasteiger partial charge in [0.1, 0.15) is 5.72 Å². The van der Waals surface area contributed by atoms with Gasteiger partial charge in [-0.05, 0) is 24.1 Å². The summed E-state index contributed by atoms with van der Waals surface area (Å²) in [6.07, 6.45) is -4.73. The van der Waals surface area contributed by atoms with Crippen LogP contribution in [-0.4, -0.2) is 35.2 Å². The molecule has 29 heavy (non-hydrogen) atoms. The first-order valence-electron chi connectivity index (χ1n) is 9.20. The van der Waals surface area contributed by atoms with Crippen molar-refractivity contribution in [2.24, 2.45) is 0 Å². The Morgan fingerprint density at radius 2 is 1.79 bits per heavy atom. The highest BCUT2D eigenvalue weighted by atomic mass is 19.4. The Hall–Kier alpha value is -2.87. The summed E-state index contributed by atoms with van der Waals surface area (Å²) in [4.78, 5) is 26.4. The summed E-state index contributed by atoms with van der Waals surface area (Å²) in [6.45, 7) is 2.16. The Bertz CT molecular complexity index is 948. The Kier molecular flexibility index (Phi) is 4.61. The topological polar surface area (TPSA) is 58.6 Å². The molecule has 3 atom stereocenters. The third-order valence-corrected chi connectivity index (χ3v) is 5.52. The number of anilines is 1. The summed E-state index contributed by atoms with van der Waals surface area (Å²) < 4.78 is 44.1. The van der Waals surface area contributed by atoms with E-state index in [0.29, 0.717) is 12.2 Å². The highest BCUT2D eigenvalue weighted by Crippen LogP contribution is 2.50. The second-order valence-corrected chi connectivity index (χ2v) is 7.42. The number of carbonyl (C=O) groups is 2. The van der Waals surface area contributed by atoms with Gasteiger partial charge in [0.25, 0.3) is 0 Å². The molecule has 0 aromatic heterocycles. The second-order valence-electron chi connectivity index (χ2n) is 7.42. The molecule has 0 aliphatic carbocycles. The van der Waals surface area contributed by atoms with Crippen molar-refractivity contribution in [2.75, 3.05) is 11.9 Å². The van der Waals surface area contributed by atoms with Crippen LogP contribution in [0.3, 0.4) is 0 Å². The van der Waals surface area contributed by atoms with Gasteiger partial charge in [-0.15, -0.1) is 0 Å². The zero-order chi connectivity index (χ0) is 20.8. The van der Waals surface area contributed by atoms with E-state index < -0.39 is 23.7 Å².